The van der Waals surface area contributed by atoms with Gasteiger partial charge in [-0.15, -0.1) is 0 Å². The smallest absolute Gasteiger partial charge is 0.267 e. The van der Waals surface area contributed by atoms with E-state index in [0.29, 0.717) is 17.1 Å². The van der Waals surface area contributed by atoms with Gasteiger partial charge < -0.3 is 5.32 Å². The summed E-state index contributed by atoms with van der Waals surface area (Å²) in [5, 5.41) is 7.03. The number of hydrogen-bond acceptors (Lipinski definition) is 7. The molecule has 0 aliphatic carbocycles. The molecule has 1 amide bonds. The lowest BCUT2D eigenvalue weighted by Gasteiger charge is -2.15. The van der Waals surface area contributed by atoms with E-state index >= 15 is 0 Å². The minimum atomic E-state index is -3.91. The summed E-state index contributed by atoms with van der Waals surface area (Å²) in [5.74, 6) is -0.515. The van der Waals surface area contributed by atoms with Crippen molar-refractivity contribution >= 4 is 27.6 Å². The van der Waals surface area contributed by atoms with Crippen LogP contribution in [0.2, 0.25) is 0 Å². The van der Waals surface area contributed by atoms with Crippen LogP contribution in [0.3, 0.4) is 0 Å². The highest BCUT2D eigenvalue weighted by Crippen LogP contribution is 2.19. The summed E-state index contributed by atoms with van der Waals surface area (Å²) in [4.78, 5) is 33.1. The van der Waals surface area contributed by atoms with Gasteiger partial charge in [-0.3, -0.25) is 9.59 Å². The predicted molar refractivity (Wildman–Crippen MR) is 131 cm³/mol. The Morgan fingerprint density at radius 2 is 1.69 bits per heavy atom. The van der Waals surface area contributed by atoms with E-state index in [2.05, 4.69) is 25.1 Å². The van der Waals surface area contributed by atoms with Gasteiger partial charge in [-0.2, -0.15) is 5.10 Å². The second-order valence-electron chi connectivity index (χ2n) is 7.68. The maximum atomic E-state index is 12.8. The molecular weight excluding hydrogens is 468 g/mol. The number of anilines is 2. The quantitative estimate of drug-likeness (QED) is 0.406. The number of hydrogen-bond donors (Lipinski definition) is 2. The molecule has 0 spiro atoms. The number of aryl methyl sites for hydroxylation is 1. The van der Waals surface area contributed by atoms with Gasteiger partial charge in [0.25, 0.3) is 15.6 Å². The van der Waals surface area contributed by atoms with Crippen molar-refractivity contribution in [2.45, 2.75) is 24.8 Å². The molecule has 178 valence electrons. The fourth-order valence-electron chi connectivity index (χ4n) is 3.22. The minimum absolute atomic E-state index is 0.0258. The number of aromatic nitrogens is 4. The van der Waals surface area contributed by atoms with Gasteiger partial charge in [0.15, 0.2) is 0 Å². The Balaban J connectivity index is 1.48. The van der Waals surface area contributed by atoms with Crippen LogP contribution in [0.25, 0.3) is 11.3 Å². The number of benzene rings is 2. The summed E-state index contributed by atoms with van der Waals surface area (Å²) < 4.78 is 28.6. The van der Waals surface area contributed by atoms with Gasteiger partial charge in [0.2, 0.25) is 11.9 Å². The van der Waals surface area contributed by atoms with Gasteiger partial charge in [0, 0.05) is 29.2 Å². The monoisotopic (exact) mass is 490 g/mol. The Morgan fingerprint density at radius 1 is 0.971 bits per heavy atom. The summed E-state index contributed by atoms with van der Waals surface area (Å²) in [7, 11) is -3.91. The third-order valence-electron chi connectivity index (χ3n) is 5.09. The van der Waals surface area contributed by atoms with E-state index < -0.39 is 27.5 Å². The van der Waals surface area contributed by atoms with Crippen LogP contribution >= 0.6 is 0 Å². The van der Waals surface area contributed by atoms with Crippen LogP contribution in [0.5, 0.6) is 0 Å². The molecule has 0 fully saturated rings. The second-order valence-corrected chi connectivity index (χ2v) is 9.37. The molecular formula is C24H22N6O4S. The molecule has 0 radical (unpaired) electrons. The first-order valence-corrected chi connectivity index (χ1v) is 12.1. The second kappa shape index (κ2) is 9.85. The molecule has 35 heavy (non-hydrogen) atoms. The molecule has 0 saturated carbocycles. The van der Waals surface area contributed by atoms with Crippen LogP contribution in [-0.2, 0) is 14.8 Å². The Morgan fingerprint density at radius 3 is 2.37 bits per heavy atom. The Bertz CT molecular complexity index is 1520. The van der Waals surface area contributed by atoms with Crippen molar-refractivity contribution in [3.63, 3.8) is 0 Å². The first-order valence-electron chi connectivity index (χ1n) is 10.6. The fraction of sp³-hybridized carbons (Fsp3) is 0.125. The van der Waals surface area contributed by atoms with Gasteiger partial charge in [-0.05, 0) is 50.2 Å². The van der Waals surface area contributed by atoms with Gasteiger partial charge >= 0.3 is 0 Å². The number of sulfonamides is 1. The molecule has 0 aliphatic rings. The molecule has 2 aromatic heterocycles. The van der Waals surface area contributed by atoms with Crippen molar-refractivity contribution in [1.29, 1.82) is 0 Å². The highest BCUT2D eigenvalue weighted by molar-refractivity contribution is 7.92. The number of carbonyl (C=O) groups is 1. The van der Waals surface area contributed by atoms with Gasteiger partial charge in [0.1, 0.15) is 6.04 Å². The molecule has 4 aromatic rings. The zero-order chi connectivity index (χ0) is 25.0. The summed E-state index contributed by atoms with van der Waals surface area (Å²) in [6, 6.07) is 18.6. The summed E-state index contributed by atoms with van der Waals surface area (Å²) in [6.45, 7) is 3.28. The number of nitrogens with zero attached hydrogens (tertiary/aromatic N) is 4. The summed E-state index contributed by atoms with van der Waals surface area (Å²) in [5.41, 5.74) is 1.94. The third kappa shape index (κ3) is 5.58. The zero-order valence-corrected chi connectivity index (χ0v) is 19.7. The lowest BCUT2D eigenvalue weighted by atomic mass is 10.1. The average molecular weight is 491 g/mol. The first-order chi connectivity index (χ1) is 16.7. The summed E-state index contributed by atoms with van der Waals surface area (Å²) in [6.07, 6.45) is 1.45. The highest BCUT2D eigenvalue weighted by atomic mass is 32.2. The van der Waals surface area contributed by atoms with Crippen molar-refractivity contribution in [2.75, 3.05) is 10.0 Å². The minimum Gasteiger partial charge on any atom is -0.324 e. The van der Waals surface area contributed by atoms with Crippen LogP contribution < -0.4 is 15.6 Å². The molecule has 2 aromatic carbocycles. The van der Waals surface area contributed by atoms with Crippen molar-refractivity contribution in [2.24, 2.45) is 0 Å². The van der Waals surface area contributed by atoms with Gasteiger partial charge in [-0.25, -0.2) is 27.8 Å². The molecule has 0 aliphatic heterocycles. The lowest BCUT2D eigenvalue weighted by Crippen LogP contribution is -2.33. The topological polar surface area (TPSA) is 136 Å². The average Bonchev–Trinajstić information content (AvgIpc) is 2.84. The van der Waals surface area contributed by atoms with Crippen molar-refractivity contribution < 1.29 is 13.2 Å². The zero-order valence-electron chi connectivity index (χ0n) is 18.9. The normalized spacial score (nSPS) is 12.1. The highest BCUT2D eigenvalue weighted by Gasteiger charge is 2.20. The van der Waals surface area contributed by atoms with Crippen molar-refractivity contribution in [3.05, 3.63) is 95.0 Å². The maximum absolute atomic E-state index is 12.8. The van der Waals surface area contributed by atoms with E-state index in [1.54, 1.807) is 26.0 Å². The van der Waals surface area contributed by atoms with Gasteiger partial charge in [0.05, 0.1) is 10.6 Å². The standard InChI is InChI=1S/C24H22N6O4S/c1-16-14-15-25-24(26-16)29-35(33,34)20-10-8-19(9-11-20)27-23(32)17(2)30-22(31)13-12-21(28-30)18-6-4-3-5-7-18/h3-15,17H,1-2H3,(H,27,32)(H,25,26,29)/t17-/m0/s1. The van der Waals surface area contributed by atoms with E-state index in [0.717, 1.165) is 10.2 Å². The third-order valence-corrected chi connectivity index (χ3v) is 6.44. The van der Waals surface area contributed by atoms with Crippen molar-refractivity contribution in [1.82, 2.24) is 19.7 Å². The lowest BCUT2D eigenvalue weighted by molar-refractivity contribution is -0.119. The van der Waals surface area contributed by atoms with Crippen LogP contribution in [0.15, 0.2) is 88.7 Å². The van der Waals surface area contributed by atoms with E-state index in [-0.39, 0.29) is 10.8 Å². The first kappa shape index (κ1) is 23.8. The molecule has 1 atom stereocenters. The van der Waals surface area contributed by atoms with Crippen molar-refractivity contribution in [3.8, 4) is 11.3 Å². The van der Waals surface area contributed by atoms with Crippen LogP contribution in [0.4, 0.5) is 11.6 Å². The Kier molecular flexibility index (Phi) is 6.69. The number of nitrogens with one attached hydrogen (secondary N) is 2. The number of rotatable bonds is 7. The van der Waals surface area contributed by atoms with Gasteiger partial charge in [-0.1, -0.05) is 30.3 Å². The number of amides is 1. The molecule has 10 nitrogen and oxygen atoms in total. The Hall–Kier alpha value is -4.38. The van der Waals surface area contributed by atoms with Crippen LogP contribution in [-0.4, -0.2) is 34.1 Å². The predicted octanol–water partition coefficient (Wildman–Crippen LogP) is 3.01. The molecule has 4 rings (SSSR count). The molecule has 0 unspecified atom stereocenters. The largest absolute Gasteiger partial charge is 0.324 e. The van der Waals surface area contributed by atoms with E-state index in [1.165, 1.54) is 36.5 Å². The molecule has 2 heterocycles. The number of carbonyl (C=O) groups excluding carboxylic acids is 1. The van der Waals surface area contributed by atoms with Crippen LogP contribution in [0.1, 0.15) is 18.7 Å². The maximum Gasteiger partial charge on any atom is 0.267 e. The van der Waals surface area contributed by atoms with E-state index in [9.17, 15) is 18.0 Å². The summed E-state index contributed by atoms with van der Waals surface area (Å²) >= 11 is 0. The van der Waals surface area contributed by atoms with E-state index in [4.69, 9.17) is 0 Å². The SMILES string of the molecule is Cc1ccnc(NS(=O)(=O)c2ccc(NC(=O)[C@H](C)n3nc(-c4ccccc4)ccc3=O)cc2)n1. The van der Waals surface area contributed by atoms with Crippen LogP contribution in [0, 0.1) is 6.92 Å². The Labute approximate surface area is 201 Å². The fourth-order valence-corrected chi connectivity index (χ4v) is 4.17. The molecule has 2 N–H and O–H groups in total. The molecule has 0 saturated heterocycles. The molecule has 0 bridgehead atoms. The molecule has 11 heteroatoms. The van der Waals surface area contributed by atoms with E-state index in [1.807, 2.05) is 30.3 Å².